The molecule has 0 aliphatic heterocycles. The first kappa shape index (κ1) is 15.2. The molecule has 0 aliphatic carbocycles. The van der Waals surface area contributed by atoms with Crippen molar-refractivity contribution in [3.8, 4) is 0 Å². The summed E-state index contributed by atoms with van der Waals surface area (Å²) in [4.78, 5) is 10.4. The Morgan fingerprint density at radius 2 is 1.75 bits per heavy atom. The Hall–Kier alpha value is -0.850. The van der Waals surface area contributed by atoms with E-state index in [-0.39, 0.29) is 5.92 Å². The van der Waals surface area contributed by atoms with Crippen molar-refractivity contribution in [1.29, 1.82) is 0 Å². The number of hydrogen-bond acceptors (Lipinski definition) is 1. The zero-order valence-electron chi connectivity index (χ0n) is 11.3. The van der Waals surface area contributed by atoms with Gasteiger partial charge in [0.25, 0.3) is 0 Å². The van der Waals surface area contributed by atoms with E-state index in [1.54, 1.807) is 0 Å². The van der Waals surface area contributed by atoms with Gasteiger partial charge in [0.1, 0.15) is 6.29 Å². The molecule has 1 atom stereocenters. The van der Waals surface area contributed by atoms with Gasteiger partial charge in [0.2, 0.25) is 0 Å². The lowest BCUT2D eigenvalue weighted by atomic mass is 10.0. The maximum absolute atomic E-state index is 10.4. The zero-order valence-corrected chi connectivity index (χ0v) is 11.3. The summed E-state index contributed by atoms with van der Waals surface area (Å²) in [6.07, 6.45) is 11.1. The molecule has 0 aromatic carbocycles. The normalized spacial score (nSPS) is 15.0. The van der Waals surface area contributed by atoms with E-state index in [0.717, 1.165) is 38.4 Å². The van der Waals surface area contributed by atoms with E-state index < -0.39 is 0 Å². The minimum absolute atomic E-state index is 0.200. The van der Waals surface area contributed by atoms with Gasteiger partial charge in [-0.2, -0.15) is 0 Å². The van der Waals surface area contributed by atoms with Crippen LogP contribution >= 0.6 is 0 Å². The maximum Gasteiger partial charge on any atom is 0.122 e. The van der Waals surface area contributed by atoms with E-state index in [4.69, 9.17) is 0 Å². The summed E-state index contributed by atoms with van der Waals surface area (Å²) in [5, 5.41) is 0. The van der Waals surface area contributed by atoms with Crippen molar-refractivity contribution in [3.63, 3.8) is 0 Å². The minimum atomic E-state index is 0.200. The summed E-state index contributed by atoms with van der Waals surface area (Å²) in [7, 11) is 0. The molecule has 0 N–H and O–H groups in total. The van der Waals surface area contributed by atoms with Gasteiger partial charge in [0.05, 0.1) is 0 Å². The van der Waals surface area contributed by atoms with Crippen LogP contribution in [0.3, 0.4) is 0 Å². The molecule has 16 heavy (non-hydrogen) atoms. The fourth-order valence-electron chi connectivity index (χ4n) is 1.45. The first-order chi connectivity index (χ1) is 7.60. The molecule has 0 fully saturated rings. The highest BCUT2D eigenvalue weighted by Gasteiger charge is 1.97. The Kier molecular flexibility index (Phi) is 8.88. The third-order valence-corrected chi connectivity index (χ3v) is 2.94. The topological polar surface area (TPSA) is 17.1 Å². The molecule has 0 radical (unpaired) electrons. The highest BCUT2D eigenvalue weighted by atomic mass is 16.1. The summed E-state index contributed by atoms with van der Waals surface area (Å²) < 4.78 is 0. The molecule has 0 rings (SSSR count). The van der Waals surface area contributed by atoms with Crippen LogP contribution < -0.4 is 0 Å². The quantitative estimate of drug-likeness (QED) is 0.430. The molecular weight excluding hydrogens is 196 g/mol. The van der Waals surface area contributed by atoms with Crippen molar-refractivity contribution in [2.75, 3.05) is 0 Å². The molecule has 0 saturated carbocycles. The number of carbonyl (C=O) groups excluding carboxylic acids is 1. The summed E-state index contributed by atoms with van der Waals surface area (Å²) in [5.74, 6) is 0.200. The number of carbonyl (C=O) groups is 1. The summed E-state index contributed by atoms with van der Waals surface area (Å²) >= 11 is 0. The van der Waals surface area contributed by atoms with Crippen LogP contribution in [-0.2, 0) is 4.79 Å². The van der Waals surface area contributed by atoms with E-state index in [2.05, 4.69) is 32.9 Å². The van der Waals surface area contributed by atoms with E-state index >= 15 is 0 Å². The molecule has 1 unspecified atom stereocenters. The van der Waals surface area contributed by atoms with Gasteiger partial charge in [0.15, 0.2) is 0 Å². The lowest BCUT2D eigenvalue weighted by Gasteiger charge is -2.02. The Balaban J connectivity index is 3.75. The van der Waals surface area contributed by atoms with Gasteiger partial charge in [0, 0.05) is 5.92 Å². The number of hydrogen-bond donors (Lipinski definition) is 0. The molecule has 1 nitrogen and oxygen atoms in total. The Morgan fingerprint density at radius 3 is 2.31 bits per heavy atom. The molecule has 0 amide bonds. The van der Waals surface area contributed by atoms with E-state index in [9.17, 15) is 4.79 Å². The molecule has 0 saturated heterocycles. The Labute approximate surface area is 101 Å². The largest absolute Gasteiger partial charge is 0.303 e. The van der Waals surface area contributed by atoms with E-state index in [1.807, 2.05) is 6.92 Å². The molecule has 0 spiro atoms. The van der Waals surface area contributed by atoms with E-state index in [1.165, 1.54) is 11.1 Å². The molecule has 0 heterocycles. The lowest BCUT2D eigenvalue weighted by molar-refractivity contribution is -0.110. The van der Waals surface area contributed by atoms with Crippen molar-refractivity contribution in [1.82, 2.24) is 0 Å². The van der Waals surface area contributed by atoms with Crippen LogP contribution in [0.4, 0.5) is 0 Å². The minimum Gasteiger partial charge on any atom is -0.303 e. The van der Waals surface area contributed by atoms with Crippen molar-refractivity contribution in [2.24, 2.45) is 5.92 Å². The van der Waals surface area contributed by atoms with E-state index in [0.29, 0.717) is 0 Å². The first-order valence-electron chi connectivity index (χ1n) is 6.36. The molecule has 0 aromatic heterocycles. The van der Waals surface area contributed by atoms with Crippen LogP contribution in [0.25, 0.3) is 0 Å². The van der Waals surface area contributed by atoms with Crippen molar-refractivity contribution >= 4 is 6.29 Å². The second-order valence-corrected chi connectivity index (χ2v) is 4.68. The fraction of sp³-hybridized carbons (Fsp3) is 0.667. The molecule has 0 aliphatic rings. The van der Waals surface area contributed by atoms with Crippen LogP contribution in [0.15, 0.2) is 23.3 Å². The molecule has 0 aromatic rings. The maximum atomic E-state index is 10.4. The summed E-state index contributed by atoms with van der Waals surface area (Å²) in [5.41, 5.74) is 2.92. The molecule has 92 valence electrons. The highest BCUT2D eigenvalue weighted by Crippen LogP contribution is 2.11. The van der Waals surface area contributed by atoms with Gasteiger partial charge in [-0.25, -0.2) is 0 Å². The van der Waals surface area contributed by atoms with Gasteiger partial charge >= 0.3 is 0 Å². The predicted octanol–water partition coefficient (Wildman–Crippen LogP) is 4.68. The monoisotopic (exact) mass is 222 g/mol. The first-order valence-corrected chi connectivity index (χ1v) is 6.36. The van der Waals surface area contributed by atoms with Crippen LogP contribution in [0.2, 0.25) is 0 Å². The van der Waals surface area contributed by atoms with Crippen LogP contribution in [-0.4, -0.2) is 6.29 Å². The van der Waals surface area contributed by atoms with Gasteiger partial charge in [-0.3, -0.25) is 0 Å². The van der Waals surface area contributed by atoms with Crippen molar-refractivity contribution < 1.29 is 4.79 Å². The average molecular weight is 222 g/mol. The number of rotatable bonds is 8. The zero-order chi connectivity index (χ0) is 12.4. The van der Waals surface area contributed by atoms with Crippen LogP contribution in [0, 0.1) is 5.92 Å². The van der Waals surface area contributed by atoms with Gasteiger partial charge in [-0.1, -0.05) is 37.1 Å². The van der Waals surface area contributed by atoms with Gasteiger partial charge < -0.3 is 4.79 Å². The number of aldehydes is 1. The van der Waals surface area contributed by atoms with Crippen LogP contribution in [0.1, 0.15) is 59.8 Å². The Bertz CT molecular complexity index is 248. The third-order valence-electron chi connectivity index (χ3n) is 2.94. The SMILES string of the molecule is CC/C(C)=C/CC/C(C)=C/CCC(C)C=O. The summed E-state index contributed by atoms with van der Waals surface area (Å²) in [6, 6.07) is 0. The van der Waals surface area contributed by atoms with Crippen molar-refractivity contribution in [2.45, 2.75) is 59.8 Å². The molecule has 1 heteroatoms. The standard InChI is InChI=1S/C15H26O/c1-5-13(2)8-6-9-14(3)10-7-11-15(4)12-16/h8,10,12,15H,5-7,9,11H2,1-4H3/b13-8+,14-10+. The predicted molar refractivity (Wildman–Crippen MR) is 71.5 cm³/mol. The summed E-state index contributed by atoms with van der Waals surface area (Å²) in [6.45, 7) is 8.53. The van der Waals surface area contributed by atoms with Crippen molar-refractivity contribution in [3.05, 3.63) is 23.3 Å². The van der Waals surface area contributed by atoms with Crippen LogP contribution in [0.5, 0.6) is 0 Å². The number of allylic oxidation sites excluding steroid dienone is 4. The van der Waals surface area contributed by atoms with Gasteiger partial charge in [-0.05, 0) is 46.0 Å². The molecular formula is C15H26O. The van der Waals surface area contributed by atoms with Gasteiger partial charge in [-0.15, -0.1) is 0 Å². The second-order valence-electron chi connectivity index (χ2n) is 4.68. The second kappa shape index (κ2) is 9.38. The smallest absolute Gasteiger partial charge is 0.122 e. The molecule has 0 bridgehead atoms. The average Bonchev–Trinajstić information content (AvgIpc) is 2.28. The fourth-order valence-corrected chi connectivity index (χ4v) is 1.45. The third kappa shape index (κ3) is 8.46. The lowest BCUT2D eigenvalue weighted by Crippen LogP contribution is -1.93. The highest BCUT2D eigenvalue weighted by molar-refractivity contribution is 5.52. The Morgan fingerprint density at radius 1 is 1.12 bits per heavy atom.